The molecule has 1 fully saturated rings. The topological polar surface area (TPSA) is 71.3 Å². The molecule has 2 amide bonds. The fraction of sp³-hybridized carbons (Fsp3) is 0.385. The number of hydrogen-bond acceptors (Lipinski definition) is 4. The highest BCUT2D eigenvalue weighted by Crippen LogP contribution is 2.27. The van der Waals surface area contributed by atoms with Crippen LogP contribution in [0.2, 0.25) is 0 Å². The second-order valence-electron chi connectivity index (χ2n) is 8.79. The molecule has 2 aromatic carbocycles. The minimum atomic E-state index is -0.521. The fourth-order valence-corrected chi connectivity index (χ4v) is 4.62. The number of aryl methyl sites for hydroxylation is 2. The Kier molecular flexibility index (Phi) is 6.58. The number of carbonyl (C=O) groups is 2. The molecule has 0 N–H and O–H groups in total. The van der Waals surface area contributed by atoms with Gasteiger partial charge in [-0.1, -0.05) is 54.6 Å². The Morgan fingerprint density at radius 1 is 1.06 bits per heavy atom. The van der Waals surface area contributed by atoms with E-state index >= 15 is 0 Å². The molecule has 1 saturated heterocycles. The standard InChI is InChI=1S/C26H31N5O2/c1-18(31-20(3)27-19(2)28-31)16-25(32)30-15-14-29(4)26(33)24(30)17-22-12-8-9-13-23(22)21-10-6-5-7-11-21/h5-13,18,24H,14-17H2,1-4H3. The maximum absolute atomic E-state index is 13.4. The van der Waals surface area contributed by atoms with Crippen LogP contribution >= 0.6 is 0 Å². The van der Waals surface area contributed by atoms with Gasteiger partial charge in [-0.15, -0.1) is 0 Å². The second kappa shape index (κ2) is 9.57. The number of nitrogens with zero attached hydrogens (tertiary/aromatic N) is 5. The van der Waals surface area contributed by atoms with E-state index in [9.17, 15) is 9.59 Å². The average Bonchev–Trinajstić information content (AvgIpc) is 3.16. The fourth-order valence-electron chi connectivity index (χ4n) is 4.62. The summed E-state index contributed by atoms with van der Waals surface area (Å²) in [6.07, 6.45) is 0.757. The number of likely N-dealkylation sites (N-methyl/N-ethyl adjacent to an activating group) is 1. The van der Waals surface area contributed by atoms with Crippen LogP contribution in [0.4, 0.5) is 0 Å². The van der Waals surface area contributed by atoms with Crippen LogP contribution in [0.15, 0.2) is 54.6 Å². The molecule has 1 aliphatic rings. The molecule has 1 aliphatic heterocycles. The lowest BCUT2D eigenvalue weighted by Gasteiger charge is -2.40. The molecule has 2 heterocycles. The molecule has 1 aromatic heterocycles. The Labute approximate surface area is 195 Å². The van der Waals surface area contributed by atoms with Gasteiger partial charge in [0.25, 0.3) is 0 Å². The Morgan fingerprint density at radius 3 is 2.45 bits per heavy atom. The van der Waals surface area contributed by atoms with E-state index in [1.165, 1.54) is 0 Å². The summed E-state index contributed by atoms with van der Waals surface area (Å²) in [5, 5.41) is 4.43. The number of benzene rings is 2. The van der Waals surface area contributed by atoms with E-state index in [1.807, 2.05) is 58.2 Å². The van der Waals surface area contributed by atoms with Crippen LogP contribution in [-0.2, 0) is 16.0 Å². The molecule has 33 heavy (non-hydrogen) atoms. The van der Waals surface area contributed by atoms with E-state index in [-0.39, 0.29) is 24.3 Å². The molecular formula is C26H31N5O2. The highest BCUT2D eigenvalue weighted by atomic mass is 16.2. The predicted molar refractivity (Wildman–Crippen MR) is 128 cm³/mol. The van der Waals surface area contributed by atoms with Crippen molar-refractivity contribution in [2.45, 2.75) is 45.7 Å². The molecule has 0 aliphatic carbocycles. The first-order chi connectivity index (χ1) is 15.8. The summed E-state index contributed by atoms with van der Waals surface area (Å²) in [5.41, 5.74) is 3.26. The summed E-state index contributed by atoms with van der Waals surface area (Å²) >= 11 is 0. The number of carbonyl (C=O) groups excluding carboxylic acids is 2. The lowest BCUT2D eigenvalue weighted by molar-refractivity contribution is -0.150. The van der Waals surface area contributed by atoms with Crippen LogP contribution in [0.5, 0.6) is 0 Å². The van der Waals surface area contributed by atoms with Gasteiger partial charge >= 0.3 is 0 Å². The first-order valence-electron chi connectivity index (χ1n) is 11.4. The first-order valence-corrected chi connectivity index (χ1v) is 11.4. The monoisotopic (exact) mass is 445 g/mol. The highest BCUT2D eigenvalue weighted by Gasteiger charge is 2.36. The summed E-state index contributed by atoms with van der Waals surface area (Å²) in [6, 6.07) is 17.6. The zero-order valence-corrected chi connectivity index (χ0v) is 19.7. The molecule has 3 aromatic rings. The van der Waals surface area contributed by atoms with Crippen molar-refractivity contribution in [3.8, 4) is 11.1 Å². The van der Waals surface area contributed by atoms with Crippen molar-refractivity contribution in [2.75, 3.05) is 20.1 Å². The first kappa shape index (κ1) is 22.7. The van der Waals surface area contributed by atoms with Crippen molar-refractivity contribution in [3.63, 3.8) is 0 Å². The number of hydrogen-bond donors (Lipinski definition) is 0. The van der Waals surface area contributed by atoms with Gasteiger partial charge in [0.15, 0.2) is 0 Å². The normalized spacial score (nSPS) is 17.3. The number of rotatable bonds is 6. The molecule has 0 radical (unpaired) electrons. The van der Waals surface area contributed by atoms with Gasteiger partial charge in [0.1, 0.15) is 17.7 Å². The highest BCUT2D eigenvalue weighted by molar-refractivity contribution is 5.89. The van der Waals surface area contributed by atoms with Crippen LogP contribution in [0, 0.1) is 13.8 Å². The molecule has 2 unspecified atom stereocenters. The molecule has 0 saturated carbocycles. The zero-order chi connectivity index (χ0) is 23.5. The minimum absolute atomic E-state index is 0.0158. The Hall–Kier alpha value is -3.48. The zero-order valence-electron chi connectivity index (χ0n) is 19.7. The Morgan fingerprint density at radius 2 is 1.76 bits per heavy atom. The van der Waals surface area contributed by atoms with Gasteiger partial charge in [-0.05, 0) is 37.5 Å². The minimum Gasteiger partial charge on any atom is -0.342 e. The van der Waals surface area contributed by atoms with E-state index in [2.05, 4.69) is 34.3 Å². The lowest BCUT2D eigenvalue weighted by atomic mass is 9.93. The van der Waals surface area contributed by atoms with Crippen molar-refractivity contribution in [1.29, 1.82) is 0 Å². The van der Waals surface area contributed by atoms with Gasteiger partial charge in [0, 0.05) is 33.0 Å². The third-order valence-corrected chi connectivity index (χ3v) is 6.34. The van der Waals surface area contributed by atoms with E-state index in [0.717, 1.165) is 22.5 Å². The SMILES string of the molecule is Cc1nc(C)n(C(C)CC(=O)N2CCN(C)C(=O)C2Cc2ccccc2-c2ccccc2)n1. The van der Waals surface area contributed by atoms with Gasteiger partial charge in [-0.25, -0.2) is 9.67 Å². The summed E-state index contributed by atoms with van der Waals surface area (Å²) in [7, 11) is 1.81. The van der Waals surface area contributed by atoms with Crippen molar-refractivity contribution in [1.82, 2.24) is 24.6 Å². The molecular weight excluding hydrogens is 414 g/mol. The van der Waals surface area contributed by atoms with Crippen LogP contribution < -0.4 is 0 Å². The van der Waals surface area contributed by atoms with Crippen molar-refractivity contribution in [3.05, 3.63) is 71.8 Å². The maximum atomic E-state index is 13.4. The molecule has 2 atom stereocenters. The Balaban J connectivity index is 1.58. The third-order valence-electron chi connectivity index (χ3n) is 6.34. The molecule has 0 spiro atoms. The smallest absolute Gasteiger partial charge is 0.245 e. The van der Waals surface area contributed by atoms with Crippen molar-refractivity contribution < 1.29 is 9.59 Å². The lowest BCUT2D eigenvalue weighted by Crippen LogP contribution is -2.58. The third kappa shape index (κ3) is 4.82. The van der Waals surface area contributed by atoms with Gasteiger partial charge in [-0.3, -0.25) is 9.59 Å². The summed E-state index contributed by atoms with van der Waals surface area (Å²) < 4.78 is 1.80. The maximum Gasteiger partial charge on any atom is 0.245 e. The van der Waals surface area contributed by atoms with Gasteiger partial charge in [-0.2, -0.15) is 5.10 Å². The van der Waals surface area contributed by atoms with Crippen LogP contribution in [0.3, 0.4) is 0 Å². The van der Waals surface area contributed by atoms with Crippen LogP contribution in [-0.4, -0.2) is 62.6 Å². The van der Waals surface area contributed by atoms with Crippen molar-refractivity contribution >= 4 is 11.8 Å². The van der Waals surface area contributed by atoms with Gasteiger partial charge < -0.3 is 9.80 Å². The van der Waals surface area contributed by atoms with E-state index in [0.29, 0.717) is 25.3 Å². The largest absolute Gasteiger partial charge is 0.342 e. The molecule has 172 valence electrons. The van der Waals surface area contributed by atoms with Crippen molar-refractivity contribution in [2.24, 2.45) is 0 Å². The average molecular weight is 446 g/mol. The molecule has 7 heteroatoms. The Bertz CT molecular complexity index is 1140. The molecule has 4 rings (SSSR count). The summed E-state index contributed by atoms with van der Waals surface area (Å²) in [5.74, 6) is 1.43. The van der Waals surface area contributed by atoms with E-state index < -0.39 is 6.04 Å². The van der Waals surface area contributed by atoms with Crippen LogP contribution in [0.1, 0.15) is 36.6 Å². The quantitative estimate of drug-likeness (QED) is 0.583. The van der Waals surface area contributed by atoms with E-state index in [1.54, 1.807) is 14.5 Å². The molecule has 7 nitrogen and oxygen atoms in total. The second-order valence-corrected chi connectivity index (χ2v) is 8.79. The number of piperazine rings is 1. The summed E-state index contributed by atoms with van der Waals surface area (Å²) in [4.78, 5) is 34.5. The number of aromatic nitrogens is 3. The number of amides is 2. The van der Waals surface area contributed by atoms with Crippen LogP contribution in [0.25, 0.3) is 11.1 Å². The van der Waals surface area contributed by atoms with Gasteiger partial charge in [0.05, 0.1) is 6.04 Å². The molecule has 0 bridgehead atoms. The predicted octanol–water partition coefficient (Wildman–Crippen LogP) is 3.42. The van der Waals surface area contributed by atoms with Gasteiger partial charge in [0.2, 0.25) is 11.8 Å². The summed E-state index contributed by atoms with van der Waals surface area (Å²) in [6.45, 7) is 6.77. The van der Waals surface area contributed by atoms with E-state index in [4.69, 9.17) is 0 Å².